The van der Waals surface area contributed by atoms with Gasteiger partial charge in [-0.25, -0.2) is 9.48 Å². The zero-order chi connectivity index (χ0) is 19.3. The molecule has 2 aromatic heterocycles. The third kappa shape index (κ3) is 3.58. The van der Waals surface area contributed by atoms with E-state index in [1.54, 1.807) is 46.9 Å². The topological polar surface area (TPSA) is 99.7 Å². The minimum atomic E-state index is -0.364. The number of carbonyl (C=O) groups excluding carboxylic acids is 1. The molecule has 0 atom stereocenters. The number of tetrazole rings is 1. The molecule has 0 bridgehead atoms. The lowest BCUT2D eigenvalue weighted by atomic mass is 10.2. The Labute approximate surface area is 160 Å². The van der Waals surface area contributed by atoms with Gasteiger partial charge in [0.05, 0.1) is 41.6 Å². The van der Waals surface area contributed by atoms with Crippen LogP contribution >= 0.6 is 0 Å². The number of esters is 1. The summed E-state index contributed by atoms with van der Waals surface area (Å²) in [6.45, 7) is 2.10. The van der Waals surface area contributed by atoms with Crippen LogP contribution in [-0.2, 0) is 4.74 Å². The molecule has 0 fully saturated rings. The summed E-state index contributed by atoms with van der Waals surface area (Å²) in [6.07, 6.45) is 3.44. The summed E-state index contributed by atoms with van der Waals surface area (Å²) >= 11 is 0. The molecule has 1 N–H and O–H groups in total. The summed E-state index contributed by atoms with van der Waals surface area (Å²) in [4.78, 5) is 11.9. The highest BCUT2D eigenvalue weighted by Gasteiger charge is 2.11. The molecule has 9 nitrogen and oxygen atoms in total. The Kier molecular flexibility index (Phi) is 4.79. The van der Waals surface area contributed by atoms with Gasteiger partial charge < -0.3 is 10.1 Å². The number of carbonyl (C=O) groups is 1. The van der Waals surface area contributed by atoms with Crippen molar-refractivity contribution < 1.29 is 9.53 Å². The molecule has 0 radical (unpaired) electrons. The van der Waals surface area contributed by atoms with E-state index in [1.165, 1.54) is 0 Å². The largest absolute Gasteiger partial charge is 0.462 e. The van der Waals surface area contributed by atoms with Gasteiger partial charge in [-0.15, -0.1) is 0 Å². The molecule has 4 aromatic rings. The highest BCUT2D eigenvalue weighted by atomic mass is 16.5. The third-order valence-corrected chi connectivity index (χ3v) is 3.93. The van der Waals surface area contributed by atoms with E-state index in [1.807, 2.05) is 36.4 Å². The van der Waals surface area contributed by atoms with Gasteiger partial charge in [-0.05, 0) is 47.7 Å². The molecule has 4 rings (SSSR count). The monoisotopic (exact) mass is 375 g/mol. The van der Waals surface area contributed by atoms with Crippen molar-refractivity contribution in [2.24, 2.45) is 0 Å². The fourth-order valence-electron chi connectivity index (χ4n) is 2.66. The highest BCUT2D eigenvalue weighted by Crippen LogP contribution is 2.18. The number of benzene rings is 2. The summed E-state index contributed by atoms with van der Waals surface area (Å²) in [5, 5.41) is 19.3. The minimum Gasteiger partial charge on any atom is -0.462 e. The van der Waals surface area contributed by atoms with Crippen molar-refractivity contribution in [3.63, 3.8) is 0 Å². The van der Waals surface area contributed by atoms with Crippen molar-refractivity contribution in [3.05, 3.63) is 72.6 Å². The summed E-state index contributed by atoms with van der Waals surface area (Å²) in [7, 11) is 0. The maximum absolute atomic E-state index is 11.9. The first-order chi connectivity index (χ1) is 13.7. The van der Waals surface area contributed by atoms with Crippen molar-refractivity contribution in [2.45, 2.75) is 6.92 Å². The Balaban J connectivity index is 1.56. The smallest absolute Gasteiger partial charge is 0.338 e. The lowest BCUT2D eigenvalue weighted by Gasteiger charge is -2.06. The maximum atomic E-state index is 11.9. The van der Waals surface area contributed by atoms with Crippen molar-refractivity contribution in [1.82, 2.24) is 30.0 Å². The van der Waals surface area contributed by atoms with Gasteiger partial charge in [0.2, 0.25) is 0 Å². The number of hydrogen-bond acceptors (Lipinski definition) is 7. The molecule has 0 spiro atoms. The maximum Gasteiger partial charge on any atom is 0.338 e. The van der Waals surface area contributed by atoms with E-state index in [0.29, 0.717) is 23.8 Å². The second kappa shape index (κ2) is 7.70. The Morgan fingerprint density at radius 3 is 2.75 bits per heavy atom. The van der Waals surface area contributed by atoms with Gasteiger partial charge in [0, 0.05) is 0 Å². The first kappa shape index (κ1) is 17.4. The molecule has 2 heterocycles. The van der Waals surface area contributed by atoms with Crippen LogP contribution in [0.2, 0.25) is 0 Å². The van der Waals surface area contributed by atoms with Gasteiger partial charge in [0.25, 0.3) is 5.95 Å². The van der Waals surface area contributed by atoms with E-state index in [4.69, 9.17) is 4.74 Å². The summed E-state index contributed by atoms with van der Waals surface area (Å²) in [6, 6.07) is 16.6. The van der Waals surface area contributed by atoms with Gasteiger partial charge in [0.1, 0.15) is 0 Å². The van der Waals surface area contributed by atoms with Crippen LogP contribution in [0.25, 0.3) is 11.4 Å². The predicted molar refractivity (Wildman–Crippen MR) is 102 cm³/mol. The first-order valence-electron chi connectivity index (χ1n) is 8.67. The van der Waals surface area contributed by atoms with Gasteiger partial charge >= 0.3 is 5.97 Å². The van der Waals surface area contributed by atoms with Crippen LogP contribution in [0, 0.1) is 0 Å². The number of ether oxygens (including phenoxy) is 1. The second-order valence-corrected chi connectivity index (χ2v) is 5.82. The fraction of sp³-hybridized carbons (Fsp3) is 0.105. The second-order valence-electron chi connectivity index (χ2n) is 5.82. The number of hydrogen-bond donors (Lipinski definition) is 1. The molecule has 0 aliphatic carbocycles. The van der Waals surface area contributed by atoms with E-state index >= 15 is 0 Å². The van der Waals surface area contributed by atoms with Crippen molar-refractivity contribution in [1.29, 1.82) is 0 Å². The average Bonchev–Trinajstić information content (AvgIpc) is 3.39. The lowest BCUT2D eigenvalue weighted by molar-refractivity contribution is 0.0526. The van der Waals surface area contributed by atoms with Gasteiger partial charge in [-0.1, -0.05) is 29.4 Å². The molecule has 9 heteroatoms. The number of nitrogens with zero attached hydrogens (tertiary/aromatic N) is 6. The highest BCUT2D eigenvalue weighted by molar-refractivity contribution is 5.90. The van der Waals surface area contributed by atoms with E-state index in [0.717, 1.165) is 11.4 Å². The van der Waals surface area contributed by atoms with Crippen LogP contribution in [0.1, 0.15) is 17.3 Å². The first-order valence-corrected chi connectivity index (χ1v) is 8.67. The van der Waals surface area contributed by atoms with Crippen LogP contribution in [0.4, 0.5) is 11.6 Å². The number of nitrogens with one attached hydrogen (secondary N) is 1. The molecule has 0 unspecified atom stereocenters. The van der Waals surface area contributed by atoms with Crippen LogP contribution in [0.5, 0.6) is 0 Å². The van der Waals surface area contributed by atoms with Crippen LogP contribution < -0.4 is 5.32 Å². The summed E-state index contributed by atoms with van der Waals surface area (Å²) in [5.41, 5.74) is 2.75. The van der Waals surface area contributed by atoms with E-state index in [2.05, 4.69) is 25.9 Å². The molecular formula is C19H17N7O2. The van der Waals surface area contributed by atoms with E-state index < -0.39 is 0 Å². The molecular weight excluding hydrogens is 358 g/mol. The molecule has 28 heavy (non-hydrogen) atoms. The average molecular weight is 375 g/mol. The Hall–Kier alpha value is -4.01. The van der Waals surface area contributed by atoms with Crippen molar-refractivity contribution in [2.75, 3.05) is 11.9 Å². The van der Waals surface area contributed by atoms with Crippen LogP contribution in [0.3, 0.4) is 0 Å². The molecule has 0 saturated carbocycles. The quantitative estimate of drug-likeness (QED) is 0.517. The number of rotatable bonds is 6. The van der Waals surface area contributed by atoms with E-state index in [-0.39, 0.29) is 5.97 Å². The minimum absolute atomic E-state index is 0.328. The molecule has 0 aliphatic rings. The standard InChI is InChI=1S/C19H17N7O2/c1-2-28-18(27)14-7-6-10-17(11-14)25-13-15(12-20-25)21-19-22-23-24-26(19)16-8-4-3-5-9-16/h3-13H,2H2,1H3,(H,21,22,24). The Morgan fingerprint density at radius 2 is 1.93 bits per heavy atom. The van der Waals surface area contributed by atoms with Gasteiger partial charge in [-0.3, -0.25) is 0 Å². The van der Waals surface area contributed by atoms with Gasteiger partial charge in [0.15, 0.2) is 0 Å². The summed E-state index contributed by atoms with van der Waals surface area (Å²) < 4.78 is 8.29. The fourth-order valence-corrected chi connectivity index (χ4v) is 2.66. The van der Waals surface area contributed by atoms with Crippen LogP contribution in [-0.4, -0.2) is 42.6 Å². The Morgan fingerprint density at radius 1 is 1.11 bits per heavy atom. The lowest BCUT2D eigenvalue weighted by Crippen LogP contribution is -2.05. The van der Waals surface area contributed by atoms with Gasteiger partial charge in [-0.2, -0.15) is 9.78 Å². The van der Waals surface area contributed by atoms with Crippen LogP contribution in [0.15, 0.2) is 67.0 Å². The Bertz CT molecular complexity index is 1090. The van der Waals surface area contributed by atoms with Crippen molar-refractivity contribution >= 4 is 17.6 Å². The summed E-state index contributed by atoms with van der Waals surface area (Å²) in [5.74, 6) is 0.0999. The SMILES string of the molecule is CCOC(=O)c1cccc(-n2cc(Nc3nnnn3-c3ccccc3)cn2)c1. The molecule has 140 valence electrons. The number of anilines is 2. The molecule has 2 aromatic carbocycles. The zero-order valence-electron chi connectivity index (χ0n) is 15.1. The number of para-hydroxylation sites is 1. The zero-order valence-corrected chi connectivity index (χ0v) is 15.1. The predicted octanol–water partition coefficient (Wildman–Crippen LogP) is 2.77. The molecule has 0 amide bonds. The molecule has 0 aliphatic heterocycles. The normalized spacial score (nSPS) is 10.6. The molecule has 0 saturated heterocycles. The van der Waals surface area contributed by atoms with E-state index in [9.17, 15) is 4.79 Å². The van der Waals surface area contributed by atoms with Crippen molar-refractivity contribution in [3.8, 4) is 11.4 Å². The third-order valence-electron chi connectivity index (χ3n) is 3.93. The number of aromatic nitrogens is 6.